The Morgan fingerprint density at radius 1 is 1.31 bits per heavy atom. The first kappa shape index (κ1) is 17.7. The molecule has 130 valence electrons. The minimum Gasteiger partial charge on any atom is -0.450 e. The highest BCUT2D eigenvalue weighted by Crippen LogP contribution is 2.22. The third-order valence-corrected chi connectivity index (χ3v) is 4.33. The molecule has 0 bridgehead atoms. The number of carbonyl (C=O) groups is 2. The van der Waals surface area contributed by atoms with Gasteiger partial charge in [-0.1, -0.05) is 11.6 Å². The summed E-state index contributed by atoms with van der Waals surface area (Å²) in [6.07, 6.45) is 0. The van der Waals surface area contributed by atoms with Gasteiger partial charge in [0.2, 0.25) is 5.76 Å². The molecule has 0 fully saturated rings. The summed E-state index contributed by atoms with van der Waals surface area (Å²) in [6, 6.07) is 8.87. The number of ether oxygens (including phenoxy) is 1. The van der Waals surface area contributed by atoms with E-state index in [9.17, 15) is 14.4 Å². The highest BCUT2D eigenvalue weighted by atomic mass is 35.5. The van der Waals surface area contributed by atoms with Gasteiger partial charge in [0, 0.05) is 11.1 Å². The molecule has 1 amide bonds. The van der Waals surface area contributed by atoms with Crippen molar-refractivity contribution < 1.29 is 18.7 Å². The summed E-state index contributed by atoms with van der Waals surface area (Å²) >= 11 is 6.99. The first-order valence-electron chi connectivity index (χ1n) is 7.16. The van der Waals surface area contributed by atoms with Gasteiger partial charge in [0.15, 0.2) is 12.0 Å². The Morgan fingerprint density at radius 2 is 2.12 bits per heavy atom. The molecule has 1 aromatic carbocycles. The summed E-state index contributed by atoms with van der Waals surface area (Å²) in [7, 11) is 0. The van der Waals surface area contributed by atoms with Crippen LogP contribution in [0.5, 0.6) is 0 Å². The Bertz CT molecular complexity index is 1110. The molecule has 2 aromatic heterocycles. The van der Waals surface area contributed by atoms with E-state index in [1.165, 1.54) is 29.5 Å². The highest BCUT2D eigenvalue weighted by molar-refractivity contribution is 7.14. The van der Waals surface area contributed by atoms with Crippen molar-refractivity contribution in [3.8, 4) is 6.07 Å². The van der Waals surface area contributed by atoms with Crippen LogP contribution in [0, 0.1) is 11.3 Å². The fourth-order valence-corrected chi connectivity index (χ4v) is 3.01. The molecule has 0 aliphatic carbocycles. The number of amides is 1. The summed E-state index contributed by atoms with van der Waals surface area (Å²) < 4.78 is 10.2. The zero-order valence-electron chi connectivity index (χ0n) is 12.9. The zero-order chi connectivity index (χ0) is 18.7. The Labute approximate surface area is 155 Å². The number of esters is 1. The van der Waals surface area contributed by atoms with Crippen LogP contribution in [0.3, 0.4) is 0 Å². The molecule has 0 saturated heterocycles. The van der Waals surface area contributed by atoms with Crippen LogP contribution >= 0.6 is 22.9 Å². The Hall–Kier alpha value is -3.15. The molecule has 0 aliphatic rings. The maximum Gasteiger partial charge on any atom is 0.374 e. The van der Waals surface area contributed by atoms with Gasteiger partial charge in [-0.05, 0) is 29.6 Å². The molecule has 0 saturated carbocycles. The molecule has 3 aromatic rings. The van der Waals surface area contributed by atoms with Crippen LogP contribution in [0.1, 0.15) is 16.1 Å². The maximum absolute atomic E-state index is 12.0. The van der Waals surface area contributed by atoms with Gasteiger partial charge in [-0.2, -0.15) is 5.26 Å². The van der Waals surface area contributed by atoms with Gasteiger partial charge < -0.3 is 14.5 Å². The molecule has 0 unspecified atom stereocenters. The predicted octanol–water partition coefficient (Wildman–Crippen LogP) is 3.18. The monoisotopic (exact) mass is 388 g/mol. The third-order valence-electron chi connectivity index (χ3n) is 3.26. The fraction of sp³-hybridized carbons (Fsp3) is 0.0588. The lowest BCUT2D eigenvalue weighted by molar-refractivity contribution is -0.119. The van der Waals surface area contributed by atoms with E-state index >= 15 is 0 Å². The quantitative estimate of drug-likeness (QED) is 0.687. The first-order valence-corrected chi connectivity index (χ1v) is 8.41. The van der Waals surface area contributed by atoms with Crippen LogP contribution in [0.15, 0.2) is 44.9 Å². The lowest BCUT2D eigenvalue weighted by Gasteiger charge is -2.06. The van der Waals surface area contributed by atoms with Crippen molar-refractivity contribution in [1.29, 1.82) is 5.26 Å². The highest BCUT2D eigenvalue weighted by Gasteiger charge is 2.16. The van der Waals surface area contributed by atoms with Crippen molar-refractivity contribution in [3.63, 3.8) is 0 Å². The van der Waals surface area contributed by atoms with Gasteiger partial charge in [0.05, 0.1) is 10.9 Å². The number of rotatable bonds is 4. The standard InChI is InChI=1S/C17H9ClN2O5S/c18-10-1-2-13-11(5-10)12(21)6-14(25-13)17(23)24-8-15(22)20-16-9(7-19)3-4-26-16/h1-6H,8H2,(H,20,22). The summed E-state index contributed by atoms with van der Waals surface area (Å²) in [5, 5.41) is 14.0. The Kier molecular flexibility index (Phi) is 5.02. The molecule has 0 radical (unpaired) electrons. The summed E-state index contributed by atoms with van der Waals surface area (Å²) in [4.78, 5) is 35.9. The van der Waals surface area contributed by atoms with Crippen LogP contribution < -0.4 is 10.7 Å². The summed E-state index contributed by atoms with van der Waals surface area (Å²) in [6.45, 7) is -0.593. The Balaban J connectivity index is 1.69. The molecule has 3 rings (SSSR count). The molecule has 2 heterocycles. The third kappa shape index (κ3) is 3.74. The molecule has 9 heteroatoms. The number of thiophene rings is 1. The fourth-order valence-electron chi connectivity index (χ4n) is 2.09. The van der Waals surface area contributed by atoms with Crippen LogP contribution in [-0.2, 0) is 9.53 Å². The number of anilines is 1. The van der Waals surface area contributed by atoms with Gasteiger partial charge in [-0.25, -0.2) is 4.79 Å². The molecule has 26 heavy (non-hydrogen) atoms. The van der Waals surface area contributed by atoms with E-state index in [-0.39, 0.29) is 16.7 Å². The van der Waals surface area contributed by atoms with Crippen molar-refractivity contribution in [2.75, 3.05) is 11.9 Å². The minimum absolute atomic E-state index is 0.176. The van der Waals surface area contributed by atoms with Crippen molar-refractivity contribution in [1.82, 2.24) is 0 Å². The van der Waals surface area contributed by atoms with Crippen LogP contribution in [0.2, 0.25) is 5.02 Å². The second-order valence-electron chi connectivity index (χ2n) is 5.01. The van der Waals surface area contributed by atoms with Crippen molar-refractivity contribution >= 4 is 50.8 Å². The SMILES string of the molecule is N#Cc1ccsc1NC(=O)COC(=O)c1cc(=O)c2cc(Cl)ccc2o1. The van der Waals surface area contributed by atoms with Gasteiger partial charge in [-0.3, -0.25) is 9.59 Å². The molecular weight excluding hydrogens is 380 g/mol. The van der Waals surface area contributed by atoms with Gasteiger partial charge >= 0.3 is 5.97 Å². The largest absolute Gasteiger partial charge is 0.450 e. The van der Waals surface area contributed by atoms with Crippen molar-refractivity contribution in [2.45, 2.75) is 0 Å². The molecule has 1 N–H and O–H groups in total. The number of carbonyl (C=O) groups excluding carboxylic acids is 2. The summed E-state index contributed by atoms with van der Waals surface area (Å²) in [5.74, 6) is -1.90. The zero-order valence-corrected chi connectivity index (χ0v) is 14.5. The number of fused-ring (bicyclic) bond motifs is 1. The number of nitriles is 1. The van der Waals surface area contributed by atoms with E-state index in [1.807, 2.05) is 6.07 Å². The number of nitrogens with one attached hydrogen (secondary N) is 1. The van der Waals surface area contributed by atoms with Crippen LogP contribution in [0.25, 0.3) is 11.0 Å². The van der Waals surface area contributed by atoms with E-state index in [2.05, 4.69) is 5.32 Å². The van der Waals surface area contributed by atoms with E-state index in [4.69, 9.17) is 26.0 Å². The van der Waals surface area contributed by atoms with Gasteiger partial charge in [-0.15, -0.1) is 11.3 Å². The number of benzene rings is 1. The number of nitrogens with zero attached hydrogens (tertiary/aromatic N) is 1. The minimum atomic E-state index is -0.958. The number of hydrogen-bond acceptors (Lipinski definition) is 7. The lowest BCUT2D eigenvalue weighted by Crippen LogP contribution is -2.21. The van der Waals surface area contributed by atoms with Crippen LogP contribution in [0.4, 0.5) is 5.00 Å². The average Bonchev–Trinajstić information content (AvgIpc) is 3.07. The number of hydrogen-bond donors (Lipinski definition) is 1. The normalized spacial score (nSPS) is 10.3. The maximum atomic E-state index is 12.0. The Morgan fingerprint density at radius 3 is 2.88 bits per heavy atom. The second kappa shape index (κ2) is 7.39. The molecule has 0 aliphatic heterocycles. The molecule has 0 spiro atoms. The average molecular weight is 389 g/mol. The predicted molar refractivity (Wildman–Crippen MR) is 95.4 cm³/mol. The van der Waals surface area contributed by atoms with Gasteiger partial charge in [0.1, 0.15) is 16.7 Å². The number of halogens is 1. The molecule has 0 atom stereocenters. The first-order chi connectivity index (χ1) is 12.5. The molecular formula is C17H9ClN2O5S. The van der Waals surface area contributed by atoms with Crippen molar-refractivity contribution in [3.05, 3.63) is 62.3 Å². The van der Waals surface area contributed by atoms with Crippen molar-refractivity contribution in [2.24, 2.45) is 0 Å². The van der Waals surface area contributed by atoms with E-state index < -0.39 is 23.9 Å². The van der Waals surface area contributed by atoms with E-state index in [0.29, 0.717) is 15.6 Å². The van der Waals surface area contributed by atoms with E-state index in [1.54, 1.807) is 11.4 Å². The summed E-state index contributed by atoms with van der Waals surface area (Å²) in [5.41, 5.74) is 0.0341. The van der Waals surface area contributed by atoms with E-state index in [0.717, 1.165) is 6.07 Å². The smallest absolute Gasteiger partial charge is 0.374 e. The second-order valence-corrected chi connectivity index (χ2v) is 6.37. The topological polar surface area (TPSA) is 109 Å². The van der Waals surface area contributed by atoms with Gasteiger partial charge in [0.25, 0.3) is 5.91 Å². The lowest BCUT2D eigenvalue weighted by atomic mass is 10.2. The van der Waals surface area contributed by atoms with Crippen LogP contribution in [-0.4, -0.2) is 18.5 Å². The molecule has 7 nitrogen and oxygen atoms in total.